The molecule has 0 saturated heterocycles. The van der Waals surface area contributed by atoms with Crippen LogP contribution in [0.15, 0.2) is 29.4 Å². The van der Waals surface area contributed by atoms with E-state index in [0.717, 1.165) is 12.1 Å². The Morgan fingerprint density at radius 2 is 1.67 bits per heavy atom. The average Bonchev–Trinajstić information content (AvgIpc) is 2.75. The zero-order valence-electron chi connectivity index (χ0n) is 10.3. The zero-order chi connectivity index (χ0) is 15.8. The summed E-state index contributed by atoms with van der Waals surface area (Å²) in [5.74, 6) is -0.731. The number of halogens is 1. The van der Waals surface area contributed by atoms with Gasteiger partial charge in [0.1, 0.15) is 5.82 Å². The van der Waals surface area contributed by atoms with Crippen LogP contribution in [0.4, 0.5) is 4.39 Å². The monoisotopic (exact) mass is 335 g/mol. The Kier molecular flexibility index (Phi) is 3.79. The molecule has 0 aliphatic carbocycles. The highest BCUT2D eigenvalue weighted by atomic mass is 32.2. The lowest BCUT2D eigenvalue weighted by Gasteiger charge is -2.02. The van der Waals surface area contributed by atoms with E-state index in [1.165, 1.54) is 12.1 Å². The van der Waals surface area contributed by atoms with Crippen molar-refractivity contribution in [1.82, 2.24) is 14.2 Å². The molecule has 0 radical (unpaired) electrons. The van der Waals surface area contributed by atoms with Gasteiger partial charge in [0, 0.05) is 6.42 Å². The van der Waals surface area contributed by atoms with Gasteiger partial charge >= 0.3 is 10.2 Å². The second-order valence-corrected chi connectivity index (χ2v) is 6.88. The van der Waals surface area contributed by atoms with Crippen molar-refractivity contribution in [2.45, 2.75) is 11.6 Å². The number of benzene rings is 1. The molecule has 0 aliphatic rings. The first-order valence-corrected chi connectivity index (χ1v) is 8.39. The zero-order valence-corrected chi connectivity index (χ0v) is 12.0. The van der Waals surface area contributed by atoms with Crippen LogP contribution in [0.3, 0.4) is 0 Å². The molecule has 1 aromatic heterocycles. The fourth-order valence-corrected chi connectivity index (χ4v) is 2.60. The van der Waals surface area contributed by atoms with Crippen molar-refractivity contribution < 1.29 is 21.2 Å². The van der Waals surface area contributed by atoms with Crippen LogP contribution in [0.1, 0.15) is 11.4 Å². The van der Waals surface area contributed by atoms with Gasteiger partial charge < -0.3 is 0 Å². The number of nitrogens with zero attached hydrogens (tertiary/aromatic N) is 3. The first-order chi connectivity index (χ1) is 9.57. The van der Waals surface area contributed by atoms with Gasteiger partial charge in [0.2, 0.25) is 0 Å². The Bertz CT molecular complexity index is 873. The summed E-state index contributed by atoms with van der Waals surface area (Å²) in [7, 11) is -8.64. The fraction of sp³-hybridized carbons (Fsp3) is 0.111. The Morgan fingerprint density at radius 3 is 2.14 bits per heavy atom. The number of hydrogen-bond acceptors (Lipinski definition) is 6. The topological polar surface area (TPSA) is 151 Å². The lowest BCUT2D eigenvalue weighted by atomic mass is 10.1. The van der Waals surface area contributed by atoms with Gasteiger partial charge in [-0.25, -0.2) is 23.1 Å². The van der Waals surface area contributed by atoms with Crippen LogP contribution in [0.25, 0.3) is 0 Å². The normalized spacial score (nSPS) is 12.5. The lowest BCUT2D eigenvalue weighted by molar-refractivity contribution is 0.574. The third-order valence-corrected chi connectivity index (χ3v) is 3.85. The molecule has 2 aromatic rings. The predicted molar refractivity (Wildman–Crippen MR) is 69.1 cm³/mol. The van der Waals surface area contributed by atoms with Crippen molar-refractivity contribution in [3.63, 3.8) is 0 Å². The molecule has 0 aliphatic heterocycles. The minimum absolute atomic E-state index is 0.126. The van der Waals surface area contributed by atoms with E-state index < -0.39 is 31.2 Å². The van der Waals surface area contributed by atoms with E-state index in [4.69, 9.17) is 10.3 Å². The molecule has 114 valence electrons. The van der Waals surface area contributed by atoms with Gasteiger partial charge in [-0.05, 0) is 17.7 Å². The Labute approximate surface area is 119 Å². The molecule has 0 spiro atoms. The molecule has 0 bridgehead atoms. The van der Waals surface area contributed by atoms with Crippen molar-refractivity contribution in [2.24, 2.45) is 10.3 Å². The van der Waals surface area contributed by atoms with Gasteiger partial charge in [-0.3, -0.25) is 0 Å². The van der Waals surface area contributed by atoms with E-state index in [2.05, 4.69) is 10.1 Å². The smallest absolute Gasteiger partial charge is 0.222 e. The van der Waals surface area contributed by atoms with E-state index >= 15 is 0 Å². The Morgan fingerprint density at radius 1 is 1.10 bits per heavy atom. The summed E-state index contributed by atoms with van der Waals surface area (Å²) in [6.45, 7) is 0. The van der Waals surface area contributed by atoms with Crippen LogP contribution in [0.2, 0.25) is 0 Å². The van der Waals surface area contributed by atoms with Crippen LogP contribution in [-0.2, 0) is 26.7 Å². The van der Waals surface area contributed by atoms with Gasteiger partial charge in [0.05, 0.1) is 0 Å². The maximum atomic E-state index is 12.8. The summed E-state index contributed by atoms with van der Waals surface area (Å²) in [5.41, 5.74) is 0.481. The van der Waals surface area contributed by atoms with E-state index in [-0.39, 0.29) is 16.3 Å². The van der Waals surface area contributed by atoms with Crippen molar-refractivity contribution in [3.8, 4) is 0 Å². The minimum atomic E-state index is -4.35. The van der Waals surface area contributed by atoms with Gasteiger partial charge in [0.25, 0.3) is 15.2 Å². The molecule has 4 N–H and O–H groups in total. The van der Waals surface area contributed by atoms with E-state index in [1.807, 2.05) is 0 Å². The Hall–Kier alpha value is -1.89. The SMILES string of the molecule is NS(=O)(=O)c1nc(Cc2ccc(F)cc2)n(S(N)(=O)=O)n1. The lowest BCUT2D eigenvalue weighted by Crippen LogP contribution is -2.25. The molecule has 0 fully saturated rings. The first kappa shape index (κ1) is 15.5. The quantitative estimate of drug-likeness (QED) is 0.709. The summed E-state index contributed by atoms with van der Waals surface area (Å²) in [6, 6.07) is 5.09. The van der Waals surface area contributed by atoms with Crippen LogP contribution >= 0.6 is 0 Å². The summed E-state index contributed by atoms with van der Waals surface area (Å²) in [6.07, 6.45) is -0.126. The van der Waals surface area contributed by atoms with E-state index in [1.54, 1.807) is 0 Å². The maximum Gasteiger partial charge on any atom is 0.319 e. The number of rotatable bonds is 4. The maximum absolute atomic E-state index is 12.8. The van der Waals surface area contributed by atoms with Crippen molar-refractivity contribution in [1.29, 1.82) is 0 Å². The van der Waals surface area contributed by atoms with Crippen LogP contribution in [-0.4, -0.2) is 31.0 Å². The summed E-state index contributed by atoms with van der Waals surface area (Å²) >= 11 is 0. The standard InChI is InChI=1S/C9H10FN5O4S2/c10-7-3-1-6(2-4-7)5-8-13-9(20(11,16)17)14-15(8)21(12,18)19/h1-4H,5H2,(H2,11,16,17)(H2,12,18,19). The van der Waals surface area contributed by atoms with E-state index in [0.29, 0.717) is 5.56 Å². The summed E-state index contributed by atoms with van der Waals surface area (Å²) in [4.78, 5) is 3.55. The molecule has 0 unspecified atom stereocenters. The molecule has 0 amide bonds. The number of nitrogens with two attached hydrogens (primary N) is 2. The second-order valence-electron chi connectivity index (χ2n) is 4.05. The number of sulfonamides is 1. The molecule has 9 nitrogen and oxygen atoms in total. The van der Waals surface area contributed by atoms with Crippen molar-refractivity contribution in [3.05, 3.63) is 41.5 Å². The number of aromatic nitrogens is 3. The van der Waals surface area contributed by atoms with Gasteiger partial charge in [-0.15, -0.1) is 9.19 Å². The third-order valence-electron chi connectivity index (χ3n) is 2.39. The number of hydrogen-bond donors (Lipinski definition) is 2. The summed E-state index contributed by atoms with van der Waals surface area (Å²) < 4.78 is 58.2. The molecule has 1 heterocycles. The van der Waals surface area contributed by atoms with Gasteiger partial charge in [-0.1, -0.05) is 12.1 Å². The predicted octanol–water partition coefficient (Wildman–Crippen LogP) is -1.29. The molecule has 0 saturated carbocycles. The van der Waals surface area contributed by atoms with Gasteiger partial charge in [0.15, 0.2) is 5.82 Å². The van der Waals surface area contributed by atoms with Crippen molar-refractivity contribution in [2.75, 3.05) is 0 Å². The first-order valence-electron chi connectivity index (χ1n) is 5.34. The largest absolute Gasteiger partial charge is 0.319 e. The summed E-state index contributed by atoms with van der Waals surface area (Å²) in [5, 5.41) is 12.2. The number of primary sulfonamides is 1. The van der Waals surface area contributed by atoms with Crippen LogP contribution in [0, 0.1) is 5.82 Å². The van der Waals surface area contributed by atoms with Gasteiger partial charge in [-0.2, -0.15) is 13.4 Å². The highest BCUT2D eigenvalue weighted by Gasteiger charge is 2.23. The molecular formula is C9H10FN5O4S2. The average molecular weight is 335 g/mol. The molecule has 12 heteroatoms. The molecule has 1 aromatic carbocycles. The van der Waals surface area contributed by atoms with Crippen molar-refractivity contribution >= 4 is 20.2 Å². The Balaban J connectivity index is 2.52. The third kappa shape index (κ3) is 3.60. The second kappa shape index (κ2) is 5.14. The minimum Gasteiger partial charge on any atom is -0.222 e. The van der Waals surface area contributed by atoms with Crippen LogP contribution in [0.5, 0.6) is 0 Å². The molecular weight excluding hydrogens is 325 g/mol. The van der Waals surface area contributed by atoms with Crippen LogP contribution < -0.4 is 10.3 Å². The fourth-order valence-electron chi connectivity index (χ4n) is 1.53. The molecule has 2 rings (SSSR count). The molecule has 21 heavy (non-hydrogen) atoms. The highest BCUT2D eigenvalue weighted by Crippen LogP contribution is 2.12. The highest BCUT2D eigenvalue weighted by molar-refractivity contribution is 7.89. The van der Waals surface area contributed by atoms with E-state index in [9.17, 15) is 21.2 Å². The molecule has 0 atom stereocenters.